The average molecular weight is 1900 g/mol. The SMILES string of the molecule is CCN(CC)c1ccc2c(-c3ccc(S(=O)(=O)NCCSSC[C@@H](CC(=O)[C@@H](CCCCNC(=O)CCSCC4c5ccccc5-c5ccccc54)NC(=O)[C@H](CC(=O)O)CC(=O)[C@@H](CC(=O)O)NC(=O)[C@H](CC(=O)O)CC(=O)CC[C@H](NC(=O)c4ccc(NCc5cnc6nc(N)[nH]c(=O)c6n5)cc4)C(=O)O)C(=O)O)cc3S(=O)(=O)O)c3ccc(=[N+](CC)CC)cc-3oc2c1. The van der Waals surface area contributed by atoms with E-state index in [2.05, 4.69) is 85.0 Å². The summed E-state index contributed by atoms with van der Waals surface area (Å²) in [6.07, 6.45) is -6.09. The van der Waals surface area contributed by atoms with Crippen molar-refractivity contribution >= 4 is 164 Å². The number of ketones is 3. The summed E-state index contributed by atoms with van der Waals surface area (Å²) >= 11 is 1.61. The van der Waals surface area contributed by atoms with Gasteiger partial charge in [0.25, 0.3) is 21.6 Å². The number of carboxylic acid groups (broad SMARTS) is 5. The Morgan fingerprint density at radius 1 is 0.618 bits per heavy atom. The molecule has 696 valence electrons. The van der Waals surface area contributed by atoms with Crippen molar-refractivity contribution in [1.82, 2.24) is 50.5 Å². The Kier molecular flexibility index (Phi) is 36.0. The second kappa shape index (κ2) is 46.9. The number of fused-ring (bicyclic) bond motifs is 6. The first-order valence-corrected chi connectivity index (χ1v) is 48.7. The number of Topliss-reactive ketones (excluding diaryl/α,β-unsaturated/α-hetero) is 3. The molecule has 37 nitrogen and oxygen atoms in total. The maximum absolute atomic E-state index is 14.5. The Morgan fingerprint density at radius 3 is 1.89 bits per heavy atom. The number of nitrogen functional groups attached to an aromatic ring is 1. The van der Waals surface area contributed by atoms with Gasteiger partial charge in [0.05, 0.1) is 78.5 Å². The van der Waals surface area contributed by atoms with Crippen LogP contribution in [0.15, 0.2) is 153 Å². The van der Waals surface area contributed by atoms with Crippen LogP contribution in [0.4, 0.5) is 17.3 Å². The number of sulfonamides is 1. The van der Waals surface area contributed by atoms with E-state index in [-0.39, 0.29) is 96.9 Å². The summed E-state index contributed by atoms with van der Waals surface area (Å²) in [7, 11) is -7.79. The summed E-state index contributed by atoms with van der Waals surface area (Å²) in [5, 5.41) is 64.6. The number of carbonyl (C=O) groups is 12. The Balaban J connectivity index is 0.772. The van der Waals surface area contributed by atoms with Crippen LogP contribution in [0, 0.1) is 17.8 Å². The molecule has 0 saturated carbocycles. The lowest BCUT2D eigenvalue weighted by Gasteiger charge is -2.24. The van der Waals surface area contributed by atoms with Crippen molar-refractivity contribution in [3.8, 4) is 33.6 Å². The number of carboxylic acids is 5. The molecule has 0 fully saturated rings. The van der Waals surface area contributed by atoms with Crippen molar-refractivity contribution in [1.29, 1.82) is 0 Å². The zero-order valence-electron chi connectivity index (χ0n) is 71.9. The van der Waals surface area contributed by atoms with E-state index in [0.29, 0.717) is 76.9 Å². The van der Waals surface area contributed by atoms with Crippen LogP contribution in [-0.4, -0.2) is 218 Å². The molecule has 131 heavy (non-hydrogen) atoms. The molecule has 42 heteroatoms. The van der Waals surface area contributed by atoms with Gasteiger partial charge in [-0.2, -0.15) is 25.2 Å². The van der Waals surface area contributed by atoms with Crippen LogP contribution in [0.1, 0.15) is 138 Å². The summed E-state index contributed by atoms with van der Waals surface area (Å²) in [5.74, 6) is -19.1. The van der Waals surface area contributed by atoms with Crippen LogP contribution in [0.2, 0.25) is 0 Å². The average Bonchev–Trinajstić information content (AvgIpc) is 0.856. The van der Waals surface area contributed by atoms with Crippen LogP contribution >= 0.6 is 33.3 Å². The minimum Gasteiger partial charge on any atom is -0.481 e. The van der Waals surface area contributed by atoms with E-state index >= 15 is 0 Å². The van der Waals surface area contributed by atoms with Gasteiger partial charge in [0.2, 0.25) is 39.1 Å². The number of rotatable bonds is 53. The third-order valence-corrected chi connectivity index (χ3v) is 28.0. The zero-order chi connectivity index (χ0) is 95.0. The molecule has 6 atom stereocenters. The van der Waals surface area contributed by atoms with Gasteiger partial charge in [0.1, 0.15) is 41.2 Å². The Morgan fingerprint density at radius 2 is 1.25 bits per heavy atom. The Hall–Kier alpha value is -12.5. The number of aliphatic carboxylic acids is 5. The second-order valence-corrected chi connectivity index (χ2v) is 37.9. The zero-order valence-corrected chi connectivity index (χ0v) is 76.0. The molecule has 4 amide bonds. The quantitative estimate of drug-likeness (QED) is 0.00563. The number of anilines is 3. The highest BCUT2D eigenvalue weighted by molar-refractivity contribution is 8.76. The van der Waals surface area contributed by atoms with E-state index in [9.17, 15) is 109 Å². The number of amides is 4. The fourth-order valence-electron chi connectivity index (χ4n) is 15.3. The van der Waals surface area contributed by atoms with Gasteiger partial charge in [0.15, 0.2) is 22.7 Å². The van der Waals surface area contributed by atoms with E-state index in [0.717, 1.165) is 49.8 Å². The fraction of sp³-hybridized carbons (Fsp3) is 0.382. The normalized spacial score (nSPS) is 13.3. The monoisotopic (exact) mass is 1900 g/mol. The molecule has 3 aliphatic rings. The second-order valence-electron chi connectivity index (χ2n) is 31.0. The van der Waals surface area contributed by atoms with E-state index in [1.54, 1.807) is 23.9 Å². The molecule has 0 bridgehead atoms. The van der Waals surface area contributed by atoms with Crippen molar-refractivity contribution in [3.05, 3.63) is 172 Å². The molecule has 0 spiro atoms. The molecular weight excluding hydrogens is 1800 g/mol. The number of unbranched alkanes of at least 4 members (excludes halogenated alkanes) is 1. The van der Waals surface area contributed by atoms with Crippen molar-refractivity contribution in [2.75, 3.05) is 78.2 Å². The summed E-state index contributed by atoms with van der Waals surface area (Å²) < 4.78 is 76.9. The van der Waals surface area contributed by atoms with Crippen LogP contribution in [-0.2, 0) is 79.4 Å². The molecule has 5 aromatic carbocycles. The van der Waals surface area contributed by atoms with Crippen molar-refractivity contribution < 1.29 is 109 Å². The van der Waals surface area contributed by atoms with Gasteiger partial charge < -0.3 is 67.2 Å². The van der Waals surface area contributed by atoms with E-state index in [1.165, 1.54) is 53.7 Å². The molecule has 2 aliphatic carbocycles. The number of aromatic amines is 1. The van der Waals surface area contributed by atoms with E-state index in [4.69, 9.17) is 10.2 Å². The smallest absolute Gasteiger partial charge is 0.326 e. The third-order valence-electron chi connectivity index (χ3n) is 22.1. The molecule has 0 radical (unpaired) electrons. The van der Waals surface area contributed by atoms with E-state index < -0.39 is 188 Å². The minimum atomic E-state index is -5.16. The fourth-order valence-corrected chi connectivity index (χ4v) is 20.6. The molecule has 1 aliphatic heterocycles. The summed E-state index contributed by atoms with van der Waals surface area (Å²) in [4.78, 5) is 188. The molecular formula is C89H102N13O24S5+. The van der Waals surface area contributed by atoms with Crippen molar-refractivity contribution in [2.45, 2.75) is 145 Å². The number of H-pyrrole nitrogens is 1. The molecule has 0 unspecified atom stereocenters. The van der Waals surface area contributed by atoms with E-state index in [1.807, 2.05) is 76.2 Å². The van der Waals surface area contributed by atoms with Gasteiger partial charge in [0, 0.05) is 138 Å². The first-order valence-electron chi connectivity index (χ1n) is 42.1. The Bertz CT molecular complexity index is 6080. The van der Waals surface area contributed by atoms with Crippen molar-refractivity contribution in [2.24, 2.45) is 17.8 Å². The molecule has 2 aromatic heterocycles. The van der Waals surface area contributed by atoms with Crippen LogP contribution in [0.25, 0.3) is 55.7 Å². The van der Waals surface area contributed by atoms with Gasteiger partial charge in [-0.15, -0.1) is 0 Å². The topological polar surface area (TPSA) is 584 Å². The highest BCUT2D eigenvalue weighted by Crippen LogP contribution is 2.47. The van der Waals surface area contributed by atoms with Crippen molar-refractivity contribution in [3.63, 3.8) is 0 Å². The largest absolute Gasteiger partial charge is 0.481 e. The van der Waals surface area contributed by atoms with Gasteiger partial charge >= 0.3 is 29.8 Å². The van der Waals surface area contributed by atoms with Gasteiger partial charge in [-0.05, 0) is 130 Å². The molecule has 7 aromatic rings. The number of carbonyl (C=O) groups excluding carboxylic acids is 7. The van der Waals surface area contributed by atoms with Gasteiger partial charge in [-0.25, -0.2) is 32.5 Å². The lowest BCUT2D eigenvalue weighted by atomic mass is 9.91. The summed E-state index contributed by atoms with van der Waals surface area (Å²) in [6.45, 7) is 10.5. The Labute approximate surface area is 764 Å². The molecule has 15 N–H and O–H groups in total. The van der Waals surface area contributed by atoms with Crippen LogP contribution in [0.3, 0.4) is 0 Å². The number of nitrogens with two attached hydrogens (primary N) is 1. The maximum atomic E-state index is 14.5. The van der Waals surface area contributed by atoms with Crippen LogP contribution in [0.5, 0.6) is 0 Å². The highest BCUT2D eigenvalue weighted by Gasteiger charge is 2.38. The number of aromatic nitrogens is 4. The number of hydrogen-bond donors (Lipinski definition) is 14. The first kappa shape index (κ1) is 101. The highest BCUT2D eigenvalue weighted by atomic mass is 33.1. The number of nitrogens with one attached hydrogen (secondary N) is 7. The number of nitrogens with zero attached hydrogens (tertiary/aromatic N) is 5. The number of hydrogen-bond acceptors (Lipinski definition) is 27. The van der Waals surface area contributed by atoms with Gasteiger partial charge in [-0.1, -0.05) is 76.2 Å². The lowest BCUT2D eigenvalue weighted by Crippen LogP contribution is -2.48. The maximum Gasteiger partial charge on any atom is 0.326 e. The predicted molar refractivity (Wildman–Crippen MR) is 492 cm³/mol. The standard InChI is InChI=1S/C89H101N13O24S5/c1-5-101(6-2)56-24-28-64-73(42-56)126-74-43-57(102(7-3)8-4)25-29-65(74)80(64)66-30-27-59(44-75(66)131(123,124)125)130(121,122)94-34-36-128-129-48-53(87(117)118)39-71(104)68(19-13-14-33-91-76(106)32-35-127-49-67-62-17-11-9-15-60(62)61-16-10-12-18-63(61)67)96-85(115)52(41-78(109)110)38-72(105)70(45-79(111)112)98-84(114)51(40-77(107)108)37-58(103)26-31-69(88(119)120)97-83(113)50-20-22-54(23-21-50)92-46-55-47-93-82-81(95-55)86(116)100-89(90)99-82/h9-12,15-18,20-25,27-30,42-44,47,51-53,67-70,94H,5-8,13-14,19,26,31-41,45-46,48-49H2,1-4H3,(H13-,90,91,92,93,96,97,98,99,100,106,107,108,109,110,111,112,113,114,115,116,117,118,119,120,123,124,125)/p+1/t51-,52-,53+,68+,69-,70+/m0/s1. The molecule has 0 saturated heterocycles. The predicted octanol–water partition coefficient (Wildman–Crippen LogP) is 8.08. The third kappa shape index (κ3) is 27.6. The summed E-state index contributed by atoms with van der Waals surface area (Å²) in [6, 6.07) is 30.7. The van der Waals surface area contributed by atoms with Gasteiger partial charge in [-0.3, -0.25) is 67.1 Å². The molecule has 10 rings (SSSR count). The lowest BCUT2D eigenvalue weighted by molar-refractivity contribution is -0.145. The number of thioether (sulfide) groups is 1. The van der Waals surface area contributed by atoms with Crippen LogP contribution < -0.4 is 57.4 Å². The number of benzene rings is 6. The first-order chi connectivity index (χ1) is 62.5. The molecule has 3 heterocycles. The summed E-state index contributed by atoms with van der Waals surface area (Å²) in [5.41, 5.74) is 12.4. The minimum absolute atomic E-state index is 0.0210.